The molecule has 1 aliphatic heterocycles. The van der Waals surface area contributed by atoms with Crippen molar-refractivity contribution in [2.75, 3.05) is 12.3 Å². The van der Waals surface area contributed by atoms with E-state index in [0.29, 0.717) is 24.0 Å². The molecule has 1 fully saturated rings. The van der Waals surface area contributed by atoms with Gasteiger partial charge in [-0.15, -0.1) is 0 Å². The molecule has 0 aromatic heterocycles. The van der Waals surface area contributed by atoms with Crippen molar-refractivity contribution in [3.8, 4) is 0 Å². The van der Waals surface area contributed by atoms with Crippen LogP contribution in [0.25, 0.3) is 0 Å². The summed E-state index contributed by atoms with van der Waals surface area (Å²) in [5.74, 6) is 0.177. The highest BCUT2D eigenvalue weighted by Crippen LogP contribution is 2.16. The van der Waals surface area contributed by atoms with Gasteiger partial charge in [-0.3, -0.25) is 0 Å². The minimum Gasteiger partial charge on any atom is -0.423 e. The Morgan fingerprint density at radius 1 is 1.29 bits per heavy atom. The fourth-order valence-electron chi connectivity index (χ4n) is 1.99. The maximum absolute atomic E-state index is 11.6. The van der Waals surface area contributed by atoms with E-state index in [-0.39, 0.29) is 12.3 Å². The highest BCUT2D eigenvalue weighted by Gasteiger charge is 2.29. The van der Waals surface area contributed by atoms with Crippen LogP contribution in [0.5, 0.6) is 0 Å². The second kappa shape index (κ2) is 4.77. The lowest BCUT2D eigenvalue weighted by Gasteiger charge is -2.16. The summed E-state index contributed by atoms with van der Waals surface area (Å²) in [4.78, 5) is 0. The Bertz CT molecular complexity index is 503. The molecule has 1 aromatic rings. The number of hydrogen-bond donors (Lipinski definition) is 2. The van der Waals surface area contributed by atoms with E-state index in [1.54, 1.807) is 24.3 Å². The van der Waals surface area contributed by atoms with Crippen molar-refractivity contribution in [1.29, 1.82) is 0 Å². The van der Waals surface area contributed by atoms with E-state index in [1.807, 2.05) is 0 Å². The highest BCUT2D eigenvalue weighted by molar-refractivity contribution is 7.89. The molecule has 92 valence electrons. The van der Waals surface area contributed by atoms with Gasteiger partial charge >= 0.3 is 7.12 Å². The molecule has 0 unspecified atom stereocenters. The molecule has 1 saturated heterocycles. The van der Waals surface area contributed by atoms with Crippen molar-refractivity contribution in [1.82, 2.24) is 4.31 Å². The molecule has 0 bridgehead atoms. The lowest BCUT2D eigenvalue weighted by atomic mass is 9.77. The van der Waals surface area contributed by atoms with Crippen LogP contribution in [0.2, 0.25) is 0 Å². The topological polar surface area (TPSA) is 77.8 Å². The molecule has 0 amide bonds. The zero-order chi connectivity index (χ0) is 12.5. The van der Waals surface area contributed by atoms with Crippen LogP contribution in [0.4, 0.5) is 0 Å². The number of benzene rings is 1. The first-order valence-corrected chi connectivity index (χ1v) is 7.03. The van der Waals surface area contributed by atoms with Crippen LogP contribution in [-0.2, 0) is 16.6 Å². The summed E-state index contributed by atoms with van der Waals surface area (Å²) in [6, 6.07) is 6.74. The second-order valence-electron chi connectivity index (χ2n) is 4.08. The Hall–Kier alpha value is -0.885. The molecule has 2 rings (SSSR count). The van der Waals surface area contributed by atoms with Crippen LogP contribution in [0, 0.1) is 0 Å². The summed E-state index contributed by atoms with van der Waals surface area (Å²) in [6.45, 7) is 0.703. The lowest BCUT2D eigenvalue weighted by molar-refractivity contribution is 0.420. The zero-order valence-corrected chi connectivity index (χ0v) is 10.1. The molecule has 0 saturated carbocycles. The van der Waals surface area contributed by atoms with E-state index in [2.05, 4.69) is 0 Å². The van der Waals surface area contributed by atoms with Gasteiger partial charge in [-0.05, 0) is 17.4 Å². The number of sulfonamides is 1. The quantitative estimate of drug-likeness (QED) is 0.672. The summed E-state index contributed by atoms with van der Waals surface area (Å²) >= 11 is 0. The van der Waals surface area contributed by atoms with Gasteiger partial charge in [0, 0.05) is 13.1 Å². The lowest BCUT2D eigenvalue weighted by Crippen LogP contribution is -2.36. The summed E-state index contributed by atoms with van der Waals surface area (Å²) in [5.41, 5.74) is 0.988. The molecule has 5 nitrogen and oxygen atoms in total. The maximum atomic E-state index is 11.6. The molecule has 2 N–H and O–H groups in total. The summed E-state index contributed by atoms with van der Waals surface area (Å²) in [7, 11) is -4.73. The molecule has 1 aliphatic rings. The van der Waals surface area contributed by atoms with Gasteiger partial charge in [-0.2, -0.15) is 4.31 Å². The van der Waals surface area contributed by atoms with E-state index in [9.17, 15) is 18.5 Å². The summed E-state index contributed by atoms with van der Waals surface area (Å²) in [5, 5.41) is 18.4. The van der Waals surface area contributed by atoms with Crippen molar-refractivity contribution in [2.24, 2.45) is 0 Å². The first-order valence-electron chi connectivity index (χ1n) is 5.42. The SMILES string of the molecule is O=S1(=O)CCCN1Cc1ccccc1B(O)O. The predicted octanol–water partition coefficient (Wildman–Crippen LogP) is -1.10. The van der Waals surface area contributed by atoms with Gasteiger partial charge in [0.25, 0.3) is 0 Å². The Kier molecular flexibility index (Phi) is 3.53. The summed E-state index contributed by atoms with van der Waals surface area (Å²) in [6.07, 6.45) is 0.631. The smallest absolute Gasteiger partial charge is 0.423 e. The molecular formula is C10H14BNO4S. The second-order valence-corrected chi connectivity index (χ2v) is 6.16. The van der Waals surface area contributed by atoms with Crippen LogP contribution < -0.4 is 5.46 Å². The standard InChI is InChI=1S/C10H14BNO4S/c13-11(14)10-5-2-1-4-9(10)8-12-6-3-7-17(12,15)16/h1-2,4-5,13-14H,3,6-8H2. The molecule has 0 aliphatic carbocycles. The molecule has 17 heavy (non-hydrogen) atoms. The monoisotopic (exact) mass is 255 g/mol. The Balaban J connectivity index is 2.25. The van der Waals surface area contributed by atoms with Crippen molar-refractivity contribution in [3.63, 3.8) is 0 Å². The Labute approximate surface area is 101 Å². The van der Waals surface area contributed by atoms with Gasteiger partial charge in [0.2, 0.25) is 10.0 Å². The van der Waals surface area contributed by atoms with Crippen LogP contribution in [-0.4, -0.2) is 42.2 Å². The van der Waals surface area contributed by atoms with Gasteiger partial charge in [-0.1, -0.05) is 24.3 Å². The minimum absolute atomic E-state index is 0.177. The van der Waals surface area contributed by atoms with Crippen LogP contribution in [0.3, 0.4) is 0 Å². The molecule has 1 heterocycles. The van der Waals surface area contributed by atoms with E-state index >= 15 is 0 Å². The third-order valence-electron chi connectivity index (χ3n) is 2.88. The first kappa shape index (κ1) is 12.6. The van der Waals surface area contributed by atoms with Crippen molar-refractivity contribution in [2.45, 2.75) is 13.0 Å². The maximum Gasteiger partial charge on any atom is 0.488 e. The number of nitrogens with zero attached hydrogens (tertiary/aromatic N) is 1. The number of hydrogen-bond acceptors (Lipinski definition) is 4. The molecule has 1 aromatic carbocycles. The Morgan fingerprint density at radius 2 is 2.00 bits per heavy atom. The van der Waals surface area contributed by atoms with Crippen molar-refractivity contribution >= 4 is 22.6 Å². The van der Waals surface area contributed by atoms with Gasteiger partial charge in [0.1, 0.15) is 0 Å². The van der Waals surface area contributed by atoms with E-state index < -0.39 is 17.1 Å². The van der Waals surface area contributed by atoms with Crippen LogP contribution in [0.1, 0.15) is 12.0 Å². The average Bonchev–Trinajstić information content (AvgIpc) is 2.59. The minimum atomic E-state index is -3.16. The number of rotatable bonds is 3. The first-order chi connectivity index (χ1) is 8.00. The van der Waals surface area contributed by atoms with Gasteiger partial charge in [0.15, 0.2) is 0 Å². The normalized spacial score (nSPS) is 19.4. The van der Waals surface area contributed by atoms with Crippen molar-refractivity contribution < 1.29 is 18.5 Å². The highest BCUT2D eigenvalue weighted by atomic mass is 32.2. The molecule has 0 atom stereocenters. The fraction of sp³-hybridized carbons (Fsp3) is 0.400. The molecular weight excluding hydrogens is 241 g/mol. The van der Waals surface area contributed by atoms with Gasteiger partial charge in [0.05, 0.1) is 5.75 Å². The van der Waals surface area contributed by atoms with Crippen molar-refractivity contribution in [3.05, 3.63) is 29.8 Å². The molecule has 7 heteroatoms. The van der Waals surface area contributed by atoms with E-state index in [4.69, 9.17) is 0 Å². The van der Waals surface area contributed by atoms with E-state index in [1.165, 1.54) is 4.31 Å². The van der Waals surface area contributed by atoms with Gasteiger partial charge < -0.3 is 10.0 Å². The molecule has 0 radical (unpaired) electrons. The molecule has 0 spiro atoms. The fourth-order valence-corrected chi connectivity index (χ4v) is 3.48. The zero-order valence-electron chi connectivity index (χ0n) is 9.28. The third kappa shape index (κ3) is 2.69. The van der Waals surface area contributed by atoms with E-state index in [0.717, 1.165) is 0 Å². The largest absolute Gasteiger partial charge is 0.488 e. The van der Waals surface area contributed by atoms with Gasteiger partial charge in [-0.25, -0.2) is 8.42 Å². The van der Waals surface area contributed by atoms with Crippen LogP contribution >= 0.6 is 0 Å². The predicted molar refractivity (Wildman–Crippen MR) is 65.1 cm³/mol. The Morgan fingerprint density at radius 3 is 2.59 bits per heavy atom. The average molecular weight is 255 g/mol. The van der Waals surface area contributed by atoms with Crippen LogP contribution in [0.15, 0.2) is 24.3 Å². The summed E-state index contributed by atoms with van der Waals surface area (Å²) < 4.78 is 24.7. The third-order valence-corrected chi connectivity index (χ3v) is 4.79.